The van der Waals surface area contributed by atoms with E-state index in [0.29, 0.717) is 6.61 Å². The fourth-order valence-electron chi connectivity index (χ4n) is 2.29. The van der Waals surface area contributed by atoms with E-state index < -0.39 is 0 Å². The Hall–Kier alpha value is -0.580. The topological polar surface area (TPSA) is 39.1 Å². The van der Waals surface area contributed by atoms with Gasteiger partial charge in [-0.15, -0.1) is 0 Å². The summed E-state index contributed by atoms with van der Waals surface area (Å²) in [5, 5.41) is 8.97. The molecule has 0 radical (unpaired) electrons. The summed E-state index contributed by atoms with van der Waals surface area (Å²) in [5.74, 6) is 0. The number of rotatable bonds is 10. The summed E-state index contributed by atoms with van der Waals surface area (Å²) in [6, 6.07) is 0.275. The zero-order valence-corrected chi connectivity index (χ0v) is 14.8. The fraction of sp³-hybridized carbons (Fsp3) is 0.812. The summed E-state index contributed by atoms with van der Waals surface area (Å²) < 4.78 is 7.81. The predicted molar refractivity (Wildman–Crippen MR) is 89.2 cm³/mol. The largest absolute Gasteiger partial charge is 0.377 e. The van der Waals surface area contributed by atoms with Gasteiger partial charge in [-0.1, -0.05) is 25.4 Å². The van der Waals surface area contributed by atoms with E-state index in [1.165, 1.54) is 0 Å². The number of ether oxygens (including phenoxy) is 1. The van der Waals surface area contributed by atoms with Gasteiger partial charge in [-0.3, -0.25) is 4.68 Å². The third-order valence-electron chi connectivity index (χ3n) is 3.45. The lowest BCUT2D eigenvalue weighted by atomic mass is 10.1. The van der Waals surface area contributed by atoms with Gasteiger partial charge in [-0.05, 0) is 40.2 Å². The summed E-state index contributed by atoms with van der Waals surface area (Å²) in [6.45, 7) is 13.0. The smallest absolute Gasteiger partial charge is 0.0850 e. The summed E-state index contributed by atoms with van der Waals surface area (Å²) in [5.41, 5.74) is 2.12. The van der Waals surface area contributed by atoms with Crippen LogP contribution in [0.5, 0.6) is 0 Å². The first-order valence-electron chi connectivity index (χ1n) is 8.12. The lowest BCUT2D eigenvalue weighted by Gasteiger charge is -2.20. The molecule has 1 unspecified atom stereocenters. The van der Waals surface area contributed by atoms with Crippen molar-refractivity contribution in [3.63, 3.8) is 0 Å². The predicted octanol–water partition coefficient (Wildman–Crippen LogP) is 3.45. The van der Waals surface area contributed by atoms with E-state index in [2.05, 4.69) is 45.0 Å². The molecule has 0 aliphatic carbocycles. The molecule has 1 aromatic rings. The van der Waals surface area contributed by atoms with Crippen molar-refractivity contribution in [2.75, 3.05) is 13.2 Å². The highest BCUT2D eigenvalue weighted by Crippen LogP contribution is 2.23. The van der Waals surface area contributed by atoms with Gasteiger partial charge in [0.05, 0.1) is 29.1 Å². The van der Waals surface area contributed by atoms with Crippen LogP contribution in [0.1, 0.15) is 52.4 Å². The molecule has 0 aliphatic rings. The molecule has 1 rings (SSSR count). The van der Waals surface area contributed by atoms with Crippen molar-refractivity contribution in [3.05, 3.63) is 16.4 Å². The van der Waals surface area contributed by atoms with Crippen molar-refractivity contribution in [1.29, 1.82) is 0 Å². The molecular formula is C16H30ClN3O. The Morgan fingerprint density at radius 1 is 1.29 bits per heavy atom. The number of hydrogen-bond donors (Lipinski definition) is 1. The number of hydrogen-bond acceptors (Lipinski definition) is 3. The van der Waals surface area contributed by atoms with Gasteiger partial charge in [0.15, 0.2) is 0 Å². The minimum Gasteiger partial charge on any atom is -0.377 e. The summed E-state index contributed by atoms with van der Waals surface area (Å²) in [4.78, 5) is 0. The molecule has 1 heterocycles. The Balaban J connectivity index is 2.83. The summed E-state index contributed by atoms with van der Waals surface area (Å²) in [7, 11) is 0. The second-order valence-electron chi connectivity index (χ2n) is 5.61. The fourth-order valence-corrected chi connectivity index (χ4v) is 2.64. The van der Waals surface area contributed by atoms with E-state index >= 15 is 0 Å². The van der Waals surface area contributed by atoms with Gasteiger partial charge in [0, 0.05) is 19.0 Å². The highest BCUT2D eigenvalue weighted by atomic mass is 35.5. The first-order chi connectivity index (χ1) is 10.0. The van der Waals surface area contributed by atoms with Gasteiger partial charge in [0.2, 0.25) is 0 Å². The number of nitrogens with zero attached hydrogens (tertiary/aromatic N) is 2. The van der Waals surface area contributed by atoms with E-state index in [0.717, 1.165) is 48.8 Å². The first-order valence-corrected chi connectivity index (χ1v) is 8.50. The van der Waals surface area contributed by atoms with Crippen LogP contribution in [0.2, 0.25) is 5.02 Å². The molecule has 0 bridgehead atoms. The number of aryl methyl sites for hydroxylation is 2. The van der Waals surface area contributed by atoms with Crippen LogP contribution in [0.15, 0.2) is 0 Å². The summed E-state index contributed by atoms with van der Waals surface area (Å²) in [6.07, 6.45) is 3.08. The molecule has 1 aromatic heterocycles. The Morgan fingerprint density at radius 2 is 2.00 bits per heavy atom. The molecule has 0 aromatic carbocycles. The highest BCUT2D eigenvalue weighted by Gasteiger charge is 2.19. The SMILES string of the molecule is CCCNC(COC(C)C)Cc1c(Cl)c(CC)nn1CC. The highest BCUT2D eigenvalue weighted by molar-refractivity contribution is 6.31. The van der Waals surface area contributed by atoms with Crippen molar-refractivity contribution in [1.82, 2.24) is 15.1 Å². The molecule has 4 nitrogen and oxygen atoms in total. The molecule has 0 saturated carbocycles. The van der Waals surface area contributed by atoms with Gasteiger partial charge < -0.3 is 10.1 Å². The zero-order valence-electron chi connectivity index (χ0n) is 14.1. The Morgan fingerprint density at radius 3 is 2.52 bits per heavy atom. The van der Waals surface area contributed by atoms with Crippen molar-refractivity contribution in [3.8, 4) is 0 Å². The third-order valence-corrected chi connectivity index (χ3v) is 3.88. The van der Waals surface area contributed by atoms with Gasteiger partial charge in [0.25, 0.3) is 0 Å². The zero-order chi connectivity index (χ0) is 15.8. The number of aromatic nitrogens is 2. The standard InChI is InChI=1S/C16H30ClN3O/c1-6-9-18-13(11-21-12(4)5)10-15-16(17)14(7-2)19-20(15)8-3/h12-13,18H,6-11H2,1-5H3. The van der Waals surface area contributed by atoms with E-state index in [1.807, 2.05) is 4.68 Å². The maximum atomic E-state index is 6.50. The van der Waals surface area contributed by atoms with Crippen LogP contribution in [0.4, 0.5) is 0 Å². The molecule has 0 amide bonds. The first kappa shape index (κ1) is 18.5. The van der Waals surface area contributed by atoms with Gasteiger partial charge in [-0.25, -0.2) is 0 Å². The number of halogens is 1. The molecule has 1 atom stereocenters. The van der Waals surface area contributed by atoms with Crippen LogP contribution in [-0.4, -0.2) is 35.1 Å². The monoisotopic (exact) mass is 315 g/mol. The Kier molecular flexibility index (Phi) is 8.30. The van der Waals surface area contributed by atoms with Gasteiger partial charge in [0.1, 0.15) is 0 Å². The molecule has 0 aliphatic heterocycles. The quantitative estimate of drug-likeness (QED) is 0.718. The average Bonchev–Trinajstić information content (AvgIpc) is 2.77. The lowest BCUT2D eigenvalue weighted by molar-refractivity contribution is 0.0609. The molecular weight excluding hydrogens is 286 g/mol. The molecule has 21 heavy (non-hydrogen) atoms. The second kappa shape index (κ2) is 9.44. The molecule has 122 valence electrons. The Bertz CT molecular complexity index is 418. The van der Waals surface area contributed by atoms with Gasteiger partial charge >= 0.3 is 0 Å². The lowest BCUT2D eigenvalue weighted by Crippen LogP contribution is -2.37. The van der Waals surface area contributed by atoms with Crippen LogP contribution in [0, 0.1) is 0 Å². The average molecular weight is 316 g/mol. The van der Waals surface area contributed by atoms with Crippen LogP contribution < -0.4 is 5.32 Å². The van der Waals surface area contributed by atoms with Crippen LogP contribution in [-0.2, 0) is 24.1 Å². The minimum absolute atomic E-state index is 0.244. The second-order valence-corrected chi connectivity index (χ2v) is 5.99. The van der Waals surface area contributed by atoms with Crippen molar-refractivity contribution >= 4 is 11.6 Å². The minimum atomic E-state index is 0.244. The van der Waals surface area contributed by atoms with E-state index in [1.54, 1.807) is 0 Å². The van der Waals surface area contributed by atoms with E-state index in [-0.39, 0.29) is 12.1 Å². The summed E-state index contributed by atoms with van der Waals surface area (Å²) >= 11 is 6.50. The maximum Gasteiger partial charge on any atom is 0.0850 e. The van der Waals surface area contributed by atoms with Crippen molar-refractivity contribution < 1.29 is 4.74 Å². The van der Waals surface area contributed by atoms with Crippen LogP contribution in [0.3, 0.4) is 0 Å². The van der Waals surface area contributed by atoms with Crippen LogP contribution in [0.25, 0.3) is 0 Å². The third kappa shape index (κ3) is 5.61. The normalized spacial score (nSPS) is 13.1. The van der Waals surface area contributed by atoms with Crippen LogP contribution >= 0.6 is 11.6 Å². The molecule has 0 spiro atoms. The molecule has 0 saturated heterocycles. The van der Waals surface area contributed by atoms with Crippen molar-refractivity contribution in [2.45, 2.75) is 72.6 Å². The Labute approximate surface area is 134 Å². The number of nitrogens with one attached hydrogen (secondary N) is 1. The maximum absolute atomic E-state index is 6.50. The van der Waals surface area contributed by atoms with Crippen molar-refractivity contribution in [2.24, 2.45) is 0 Å². The molecule has 1 N–H and O–H groups in total. The molecule has 0 fully saturated rings. The van der Waals surface area contributed by atoms with E-state index in [4.69, 9.17) is 16.3 Å². The molecule has 5 heteroatoms. The van der Waals surface area contributed by atoms with Gasteiger partial charge in [-0.2, -0.15) is 5.10 Å². The van der Waals surface area contributed by atoms with E-state index in [9.17, 15) is 0 Å².